The zero-order chi connectivity index (χ0) is 36.5. The molecular weight excluding hydrogens is 684 g/mol. The minimum Gasteiger partial charge on any atom is -0.460 e. The molecule has 49 heavy (non-hydrogen) atoms. The maximum Gasteiger partial charge on any atom is 0.408 e. The SMILES string of the molecule is CC(C)C(NC(=O)OCc1ccccc1)C(=O)N1C[C@@H](F)CC1C(=O)N[C@@H](CC(=O)OC(C)(C)C)C(=O)COC(=O)c1c(Cl)cccc1Cl. The molecule has 4 atom stereocenters. The summed E-state index contributed by atoms with van der Waals surface area (Å²) in [7, 11) is 0. The Kier molecular flexibility index (Phi) is 14.0. The number of benzene rings is 2. The van der Waals surface area contributed by atoms with Gasteiger partial charge in [-0.1, -0.05) is 73.4 Å². The third-order valence-corrected chi connectivity index (χ3v) is 7.89. The lowest BCUT2D eigenvalue weighted by Crippen LogP contribution is -2.57. The second-order valence-electron chi connectivity index (χ2n) is 12.8. The number of ketones is 1. The molecule has 0 bridgehead atoms. The number of nitrogens with zero attached hydrogens (tertiary/aromatic N) is 1. The molecule has 15 heteroatoms. The highest BCUT2D eigenvalue weighted by Crippen LogP contribution is 2.26. The summed E-state index contributed by atoms with van der Waals surface area (Å²) in [5.41, 5.74) is -0.392. The molecule has 2 unspecified atom stereocenters. The topological polar surface area (TPSA) is 157 Å². The molecule has 12 nitrogen and oxygen atoms in total. The number of ether oxygens (including phenoxy) is 3. The first kappa shape index (κ1) is 39.2. The van der Waals surface area contributed by atoms with Gasteiger partial charge in [-0.2, -0.15) is 0 Å². The molecule has 2 aromatic carbocycles. The van der Waals surface area contributed by atoms with E-state index in [4.69, 9.17) is 37.4 Å². The second-order valence-corrected chi connectivity index (χ2v) is 13.6. The van der Waals surface area contributed by atoms with Crippen molar-refractivity contribution < 1.29 is 47.4 Å². The molecule has 1 aliphatic rings. The van der Waals surface area contributed by atoms with Crippen LogP contribution in [0, 0.1) is 5.92 Å². The van der Waals surface area contributed by atoms with E-state index in [-0.39, 0.29) is 22.2 Å². The van der Waals surface area contributed by atoms with Crippen LogP contribution in [0.2, 0.25) is 10.0 Å². The summed E-state index contributed by atoms with van der Waals surface area (Å²) < 4.78 is 30.5. The first-order valence-corrected chi connectivity index (χ1v) is 16.3. The number of carbonyl (C=O) groups is 6. The molecule has 1 fully saturated rings. The van der Waals surface area contributed by atoms with Crippen molar-refractivity contribution in [1.29, 1.82) is 0 Å². The van der Waals surface area contributed by atoms with Gasteiger partial charge >= 0.3 is 18.0 Å². The number of alkyl halides is 1. The van der Waals surface area contributed by atoms with E-state index in [1.54, 1.807) is 65.0 Å². The molecule has 1 saturated heterocycles. The van der Waals surface area contributed by atoms with E-state index in [0.29, 0.717) is 0 Å². The Morgan fingerprint density at radius 1 is 0.939 bits per heavy atom. The van der Waals surface area contributed by atoms with Gasteiger partial charge in [0.25, 0.3) is 0 Å². The Morgan fingerprint density at radius 2 is 1.57 bits per heavy atom. The number of amides is 3. The van der Waals surface area contributed by atoms with E-state index in [1.807, 2.05) is 0 Å². The van der Waals surface area contributed by atoms with Gasteiger partial charge in [0, 0.05) is 6.42 Å². The van der Waals surface area contributed by atoms with Gasteiger partial charge in [-0.25, -0.2) is 14.0 Å². The lowest BCUT2D eigenvalue weighted by molar-refractivity contribution is -0.156. The molecule has 0 aromatic heterocycles. The number of hydrogen-bond acceptors (Lipinski definition) is 9. The van der Waals surface area contributed by atoms with Crippen LogP contribution in [0.5, 0.6) is 0 Å². The molecule has 2 N–H and O–H groups in total. The normalized spacial score (nSPS) is 17.1. The number of Topliss-reactive ketones (excluding diaryl/α,β-unsaturated/α-hetero) is 1. The minimum absolute atomic E-state index is 0.0195. The molecule has 266 valence electrons. The van der Waals surface area contributed by atoms with Crippen LogP contribution < -0.4 is 10.6 Å². The molecule has 1 aliphatic heterocycles. The highest BCUT2D eigenvalue weighted by molar-refractivity contribution is 6.39. The van der Waals surface area contributed by atoms with E-state index in [0.717, 1.165) is 10.5 Å². The number of likely N-dealkylation sites (tertiary alicyclic amines) is 1. The molecule has 0 aliphatic carbocycles. The summed E-state index contributed by atoms with van der Waals surface area (Å²) in [5, 5.41) is 4.87. The van der Waals surface area contributed by atoms with Crippen molar-refractivity contribution in [3.63, 3.8) is 0 Å². The maximum absolute atomic E-state index is 14.8. The van der Waals surface area contributed by atoms with E-state index >= 15 is 0 Å². The van der Waals surface area contributed by atoms with Gasteiger partial charge in [-0.3, -0.25) is 19.2 Å². The molecule has 0 saturated carbocycles. The van der Waals surface area contributed by atoms with Gasteiger partial charge in [0.1, 0.15) is 36.5 Å². The molecule has 0 spiro atoms. The van der Waals surface area contributed by atoms with E-state index in [2.05, 4.69) is 10.6 Å². The number of alkyl carbamates (subject to hydrolysis) is 1. The van der Waals surface area contributed by atoms with Crippen molar-refractivity contribution in [2.75, 3.05) is 13.2 Å². The molecule has 0 radical (unpaired) electrons. The smallest absolute Gasteiger partial charge is 0.408 e. The van der Waals surface area contributed by atoms with Gasteiger partial charge in [0.05, 0.1) is 28.6 Å². The van der Waals surface area contributed by atoms with Gasteiger partial charge < -0.3 is 29.7 Å². The number of carbonyl (C=O) groups excluding carboxylic acids is 6. The van der Waals surface area contributed by atoms with Crippen LogP contribution in [-0.2, 0) is 40.0 Å². The van der Waals surface area contributed by atoms with E-state index in [1.165, 1.54) is 18.2 Å². The lowest BCUT2D eigenvalue weighted by Gasteiger charge is -2.31. The highest BCUT2D eigenvalue weighted by atomic mass is 35.5. The molecule has 2 aromatic rings. The van der Waals surface area contributed by atoms with Crippen LogP contribution in [0.4, 0.5) is 9.18 Å². The summed E-state index contributed by atoms with van der Waals surface area (Å²) in [6.45, 7) is 6.73. The number of hydrogen-bond donors (Lipinski definition) is 2. The predicted octanol–water partition coefficient (Wildman–Crippen LogP) is 4.83. The van der Waals surface area contributed by atoms with Crippen molar-refractivity contribution in [3.05, 3.63) is 69.7 Å². The van der Waals surface area contributed by atoms with Crippen molar-refractivity contribution in [2.24, 2.45) is 5.92 Å². The summed E-state index contributed by atoms with van der Waals surface area (Å²) in [6.07, 6.45) is -3.55. The molecule has 3 rings (SSSR count). The monoisotopic (exact) mass is 723 g/mol. The fourth-order valence-electron chi connectivity index (χ4n) is 4.93. The van der Waals surface area contributed by atoms with Gasteiger partial charge in [-0.15, -0.1) is 0 Å². The van der Waals surface area contributed by atoms with Crippen LogP contribution >= 0.6 is 23.2 Å². The summed E-state index contributed by atoms with van der Waals surface area (Å²) >= 11 is 12.1. The standard InChI is InChI=1S/C34H40Cl2FN3O9/c1-19(2)29(39-33(46)48-17-20-10-7-6-8-11-20)31(44)40-16-21(37)14-25(40)30(43)38-24(15-27(42)49-34(3,4)5)26(41)18-47-32(45)28-22(35)12-9-13-23(28)36/h6-13,19,21,24-25,29H,14-18H2,1-5H3,(H,38,43)(H,39,46)/t21-,24-,25?,29?/m0/s1. The molecule has 3 amide bonds. The zero-order valence-electron chi connectivity index (χ0n) is 27.8. The summed E-state index contributed by atoms with van der Waals surface area (Å²) in [4.78, 5) is 79.5. The Hall–Kier alpha value is -4.23. The summed E-state index contributed by atoms with van der Waals surface area (Å²) in [6, 6.07) is 9.02. The predicted molar refractivity (Wildman–Crippen MR) is 178 cm³/mol. The number of esters is 2. The molecular formula is C34H40Cl2FN3O9. The minimum atomic E-state index is -1.60. The van der Waals surface area contributed by atoms with Crippen molar-refractivity contribution in [1.82, 2.24) is 15.5 Å². The quantitative estimate of drug-likeness (QED) is 0.218. The lowest BCUT2D eigenvalue weighted by atomic mass is 10.0. The van der Waals surface area contributed by atoms with Gasteiger partial charge in [0.15, 0.2) is 12.4 Å². The summed E-state index contributed by atoms with van der Waals surface area (Å²) in [5.74, 6) is -4.94. The Labute approximate surface area is 293 Å². The number of nitrogens with one attached hydrogen (secondary N) is 2. The van der Waals surface area contributed by atoms with Crippen LogP contribution in [-0.4, -0.2) is 83.6 Å². The fourth-order valence-corrected chi connectivity index (χ4v) is 5.48. The average molecular weight is 725 g/mol. The zero-order valence-corrected chi connectivity index (χ0v) is 29.3. The van der Waals surface area contributed by atoms with E-state index < -0.39 is 97.4 Å². The van der Waals surface area contributed by atoms with Crippen molar-refractivity contribution in [3.8, 4) is 0 Å². The third-order valence-electron chi connectivity index (χ3n) is 7.26. The molecule has 1 heterocycles. The third kappa shape index (κ3) is 11.7. The van der Waals surface area contributed by atoms with Crippen LogP contribution in [0.3, 0.4) is 0 Å². The van der Waals surface area contributed by atoms with Gasteiger partial charge in [0.2, 0.25) is 11.8 Å². The van der Waals surface area contributed by atoms with Crippen LogP contribution in [0.1, 0.15) is 63.4 Å². The second kappa shape index (κ2) is 17.4. The number of halogens is 3. The Morgan fingerprint density at radius 3 is 2.16 bits per heavy atom. The Balaban J connectivity index is 1.75. The van der Waals surface area contributed by atoms with E-state index in [9.17, 15) is 33.2 Å². The maximum atomic E-state index is 14.8. The fraction of sp³-hybridized carbons (Fsp3) is 0.471. The van der Waals surface area contributed by atoms with Crippen molar-refractivity contribution >= 4 is 58.8 Å². The van der Waals surface area contributed by atoms with Crippen LogP contribution in [0.15, 0.2) is 48.5 Å². The highest BCUT2D eigenvalue weighted by Gasteiger charge is 2.44. The first-order valence-electron chi connectivity index (χ1n) is 15.5. The van der Waals surface area contributed by atoms with Crippen LogP contribution in [0.25, 0.3) is 0 Å². The number of rotatable bonds is 13. The average Bonchev–Trinajstić information content (AvgIpc) is 3.42. The Bertz CT molecular complexity index is 1510. The van der Waals surface area contributed by atoms with Gasteiger partial charge in [-0.05, 0) is 44.4 Å². The van der Waals surface area contributed by atoms with Crippen molar-refractivity contribution in [2.45, 2.75) is 84.0 Å². The first-order chi connectivity index (χ1) is 23.0. The largest absolute Gasteiger partial charge is 0.460 e.